The number of non-ortho nitro benzene ring substituents is 1. The Labute approximate surface area is 149 Å². The van der Waals surface area contributed by atoms with Crippen molar-refractivity contribution in [2.24, 2.45) is 0 Å². The van der Waals surface area contributed by atoms with Crippen LogP contribution in [-0.4, -0.2) is 29.4 Å². The van der Waals surface area contributed by atoms with E-state index in [4.69, 9.17) is 0 Å². The molecule has 1 amide bonds. The molecule has 0 saturated carbocycles. The van der Waals surface area contributed by atoms with Gasteiger partial charge in [-0.15, -0.1) is 0 Å². The zero-order chi connectivity index (χ0) is 18.3. The summed E-state index contributed by atoms with van der Waals surface area (Å²) in [7, 11) is 2.08. The summed E-state index contributed by atoms with van der Waals surface area (Å²) >= 11 is 0. The predicted molar refractivity (Wildman–Crippen MR) is 99.5 cm³/mol. The molecule has 132 valence electrons. The number of anilines is 1. The summed E-state index contributed by atoms with van der Waals surface area (Å²) in [5, 5.41) is 14.5. The first-order valence-corrected chi connectivity index (χ1v) is 8.39. The summed E-state index contributed by atoms with van der Waals surface area (Å²) in [6.45, 7) is 1.46. The minimum atomic E-state index is -0.453. The molecular weight excluding hydrogens is 332 g/mol. The predicted octanol–water partition coefficient (Wildman–Crippen LogP) is 3.00. The maximum atomic E-state index is 12.5. The van der Waals surface area contributed by atoms with Gasteiger partial charge in [0.05, 0.1) is 16.0 Å². The number of fused-ring (bicyclic) bond motifs is 2. The number of nitro benzene ring substituents is 1. The van der Waals surface area contributed by atoms with Gasteiger partial charge in [0.25, 0.3) is 11.6 Å². The molecule has 0 fully saturated rings. The third kappa shape index (κ3) is 2.77. The summed E-state index contributed by atoms with van der Waals surface area (Å²) in [4.78, 5) is 28.1. The molecule has 0 atom stereocenters. The Balaban J connectivity index is 1.50. The number of amides is 1. The fraction of sp³-hybridized carbons (Fsp3) is 0.211. The molecule has 26 heavy (non-hydrogen) atoms. The number of carbonyl (C=O) groups excluding carboxylic acids is 1. The molecule has 2 N–H and O–H groups in total. The van der Waals surface area contributed by atoms with Crippen LogP contribution in [0.2, 0.25) is 0 Å². The fourth-order valence-electron chi connectivity index (χ4n) is 3.42. The minimum absolute atomic E-state index is 0.00517. The van der Waals surface area contributed by atoms with E-state index in [1.807, 2.05) is 6.07 Å². The van der Waals surface area contributed by atoms with Gasteiger partial charge in [0, 0.05) is 49.5 Å². The van der Waals surface area contributed by atoms with Crippen LogP contribution in [0.4, 0.5) is 11.4 Å². The van der Waals surface area contributed by atoms with Gasteiger partial charge in [-0.05, 0) is 29.7 Å². The Morgan fingerprint density at radius 1 is 1.31 bits per heavy atom. The first-order valence-electron chi connectivity index (χ1n) is 8.39. The van der Waals surface area contributed by atoms with E-state index in [2.05, 4.69) is 34.4 Å². The van der Waals surface area contributed by atoms with Gasteiger partial charge in [0.2, 0.25) is 0 Å². The number of hydrogen-bond donors (Lipinski definition) is 2. The van der Waals surface area contributed by atoms with Crippen LogP contribution in [0.25, 0.3) is 10.9 Å². The number of nitro groups is 1. The van der Waals surface area contributed by atoms with Crippen molar-refractivity contribution in [2.45, 2.75) is 13.0 Å². The van der Waals surface area contributed by atoms with E-state index in [1.165, 1.54) is 23.4 Å². The third-order valence-corrected chi connectivity index (χ3v) is 4.85. The fourth-order valence-corrected chi connectivity index (χ4v) is 3.42. The average Bonchev–Trinajstić information content (AvgIpc) is 3.22. The molecular formula is C19H18N4O3. The van der Waals surface area contributed by atoms with Crippen molar-refractivity contribution in [1.82, 2.24) is 10.3 Å². The molecule has 1 aromatic heterocycles. The van der Waals surface area contributed by atoms with E-state index in [-0.39, 0.29) is 11.6 Å². The molecule has 7 nitrogen and oxygen atoms in total. The maximum absolute atomic E-state index is 12.5. The van der Waals surface area contributed by atoms with Crippen LogP contribution in [0.3, 0.4) is 0 Å². The van der Waals surface area contributed by atoms with Crippen LogP contribution >= 0.6 is 0 Å². The number of H-pyrrole nitrogens is 1. The summed E-state index contributed by atoms with van der Waals surface area (Å²) in [5.74, 6) is -0.206. The van der Waals surface area contributed by atoms with Crippen molar-refractivity contribution >= 4 is 28.2 Å². The molecule has 0 radical (unpaired) electrons. The van der Waals surface area contributed by atoms with Crippen molar-refractivity contribution in [1.29, 1.82) is 0 Å². The Morgan fingerprint density at radius 3 is 2.96 bits per heavy atom. The molecule has 3 aromatic rings. The van der Waals surface area contributed by atoms with E-state index >= 15 is 0 Å². The average molecular weight is 350 g/mol. The zero-order valence-electron chi connectivity index (χ0n) is 14.3. The van der Waals surface area contributed by atoms with Crippen LogP contribution in [0.15, 0.2) is 42.6 Å². The molecule has 7 heteroatoms. The highest BCUT2D eigenvalue weighted by molar-refractivity contribution is 6.07. The number of rotatable bonds is 4. The minimum Gasteiger partial charge on any atom is -0.374 e. The lowest BCUT2D eigenvalue weighted by molar-refractivity contribution is -0.384. The SMILES string of the molecule is CN1CCc2cc(CNC(=O)c3c[nH]c4cc([N+](=O)[O-])ccc34)ccc21. The summed E-state index contributed by atoms with van der Waals surface area (Å²) in [6, 6.07) is 10.7. The quantitative estimate of drug-likeness (QED) is 0.559. The van der Waals surface area contributed by atoms with E-state index in [9.17, 15) is 14.9 Å². The summed E-state index contributed by atoms with van der Waals surface area (Å²) < 4.78 is 0. The van der Waals surface area contributed by atoms with Crippen LogP contribution in [0.5, 0.6) is 0 Å². The molecule has 0 spiro atoms. The van der Waals surface area contributed by atoms with Gasteiger partial charge in [-0.3, -0.25) is 14.9 Å². The Kier molecular flexibility index (Phi) is 3.84. The lowest BCUT2D eigenvalue weighted by Gasteiger charge is -2.12. The number of benzene rings is 2. The molecule has 2 aromatic carbocycles. The van der Waals surface area contributed by atoms with E-state index in [0.717, 1.165) is 18.5 Å². The summed E-state index contributed by atoms with van der Waals surface area (Å²) in [5.41, 5.74) is 4.66. The van der Waals surface area contributed by atoms with Crippen molar-refractivity contribution in [3.8, 4) is 0 Å². The number of aromatic nitrogens is 1. The lowest BCUT2D eigenvalue weighted by atomic mass is 10.1. The normalized spacial score (nSPS) is 13.0. The van der Waals surface area contributed by atoms with Gasteiger partial charge in [0.1, 0.15) is 0 Å². The first-order chi connectivity index (χ1) is 12.5. The number of likely N-dealkylation sites (N-methyl/N-ethyl adjacent to an activating group) is 1. The Morgan fingerprint density at radius 2 is 2.15 bits per heavy atom. The third-order valence-electron chi connectivity index (χ3n) is 4.85. The van der Waals surface area contributed by atoms with Gasteiger partial charge in [-0.1, -0.05) is 12.1 Å². The molecule has 1 aliphatic rings. The largest absolute Gasteiger partial charge is 0.374 e. The van der Waals surface area contributed by atoms with Crippen LogP contribution in [0.1, 0.15) is 21.5 Å². The van der Waals surface area contributed by atoms with Gasteiger partial charge in [-0.2, -0.15) is 0 Å². The van der Waals surface area contributed by atoms with Gasteiger partial charge in [0.15, 0.2) is 0 Å². The number of nitrogens with zero attached hydrogens (tertiary/aromatic N) is 2. The van der Waals surface area contributed by atoms with Crippen LogP contribution < -0.4 is 10.2 Å². The van der Waals surface area contributed by atoms with Crippen molar-refractivity contribution in [2.75, 3.05) is 18.5 Å². The van der Waals surface area contributed by atoms with E-state index in [1.54, 1.807) is 12.3 Å². The molecule has 1 aliphatic heterocycles. The van der Waals surface area contributed by atoms with Crippen molar-refractivity contribution in [3.63, 3.8) is 0 Å². The number of nitrogens with one attached hydrogen (secondary N) is 2. The highest BCUT2D eigenvalue weighted by Gasteiger charge is 2.17. The van der Waals surface area contributed by atoms with Gasteiger partial charge < -0.3 is 15.2 Å². The van der Waals surface area contributed by atoms with Crippen molar-refractivity contribution < 1.29 is 9.72 Å². The Bertz CT molecular complexity index is 1020. The lowest BCUT2D eigenvalue weighted by Crippen LogP contribution is -2.22. The topological polar surface area (TPSA) is 91.3 Å². The van der Waals surface area contributed by atoms with E-state index < -0.39 is 4.92 Å². The smallest absolute Gasteiger partial charge is 0.271 e. The summed E-state index contributed by atoms with van der Waals surface area (Å²) in [6.07, 6.45) is 2.61. The second-order valence-electron chi connectivity index (χ2n) is 6.51. The van der Waals surface area contributed by atoms with Crippen LogP contribution in [0, 0.1) is 10.1 Å². The zero-order valence-corrected chi connectivity index (χ0v) is 14.3. The standard InChI is InChI=1S/C19H18N4O3/c1-22-7-6-13-8-12(2-5-18(13)22)10-21-19(24)16-11-20-17-9-14(23(25)26)3-4-15(16)17/h2-5,8-9,11,20H,6-7,10H2,1H3,(H,21,24). The van der Waals surface area contributed by atoms with Crippen LogP contribution in [-0.2, 0) is 13.0 Å². The molecule has 2 heterocycles. The molecule has 0 saturated heterocycles. The monoisotopic (exact) mass is 350 g/mol. The Hall–Kier alpha value is -3.35. The molecule has 4 rings (SSSR count). The van der Waals surface area contributed by atoms with Gasteiger partial charge in [-0.25, -0.2) is 0 Å². The van der Waals surface area contributed by atoms with Crippen molar-refractivity contribution in [3.05, 3.63) is 69.4 Å². The second kappa shape index (κ2) is 6.18. The number of carbonyl (C=O) groups is 1. The number of hydrogen-bond acceptors (Lipinski definition) is 4. The molecule has 0 unspecified atom stereocenters. The maximum Gasteiger partial charge on any atom is 0.271 e. The highest BCUT2D eigenvalue weighted by Crippen LogP contribution is 2.27. The molecule has 0 aliphatic carbocycles. The second-order valence-corrected chi connectivity index (χ2v) is 6.51. The molecule has 0 bridgehead atoms. The first kappa shape index (κ1) is 16.1. The number of aromatic amines is 1. The van der Waals surface area contributed by atoms with Gasteiger partial charge >= 0.3 is 0 Å². The highest BCUT2D eigenvalue weighted by atomic mass is 16.6. The van der Waals surface area contributed by atoms with E-state index in [0.29, 0.717) is 23.0 Å².